The van der Waals surface area contributed by atoms with Gasteiger partial charge in [0, 0.05) is 29.2 Å². The SMILES string of the molecule is CNC1CCCC1CCS(=O)C1CCOC1C. The third-order valence-electron chi connectivity index (χ3n) is 4.36. The summed E-state index contributed by atoms with van der Waals surface area (Å²) >= 11 is 0. The van der Waals surface area contributed by atoms with Crippen LogP contribution in [-0.2, 0) is 15.5 Å². The van der Waals surface area contributed by atoms with Gasteiger partial charge in [-0.25, -0.2) is 0 Å². The smallest absolute Gasteiger partial charge is 0.0691 e. The standard InChI is InChI=1S/C13H25NO2S/c1-10-13(6-8-16-10)17(15)9-7-11-4-3-5-12(11)14-2/h10-14H,3-9H2,1-2H3. The zero-order chi connectivity index (χ0) is 12.3. The van der Waals surface area contributed by atoms with Crippen molar-refractivity contribution in [2.24, 2.45) is 5.92 Å². The van der Waals surface area contributed by atoms with Gasteiger partial charge in [0.15, 0.2) is 0 Å². The van der Waals surface area contributed by atoms with Crippen molar-refractivity contribution in [3.8, 4) is 0 Å². The molecule has 1 heterocycles. The predicted octanol–water partition coefficient (Wildman–Crippen LogP) is 1.69. The maximum atomic E-state index is 12.2. The van der Waals surface area contributed by atoms with Gasteiger partial charge in [0.25, 0.3) is 0 Å². The fourth-order valence-electron chi connectivity index (χ4n) is 3.24. The van der Waals surface area contributed by atoms with Crippen LogP contribution in [-0.4, -0.2) is 41.0 Å². The molecular weight excluding hydrogens is 234 g/mol. The molecule has 2 fully saturated rings. The monoisotopic (exact) mass is 259 g/mol. The summed E-state index contributed by atoms with van der Waals surface area (Å²) in [6, 6.07) is 0.657. The Labute approximate surface area is 107 Å². The molecule has 100 valence electrons. The minimum atomic E-state index is -0.691. The van der Waals surface area contributed by atoms with Crippen LogP contribution in [0.4, 0.5) is 0 Å². The van der Waals surface area contributed by atoms with E-state index in [1.807, 2.05) is 7.05 Å². The molecule has 1 saturated heterocycles. The molecule has 0 amide bonds. The zero-order valence-electron chi connectivity index (χ0n) is 11.0. The molecule has 3 nitrogen and oxygen atoms in total. The Kier molecular flexibility index (Phi) is 5.00. The molecule has 1 N–H and O–H groups in total. The lowest BCUT2D eigenvalue weighted by molar-refractivity contribution is 0.127. The van der Waals surface area contributed by atoms with E-state index in [0.29, 0.717) is 6.04 Å². The van der Waals surface area contributed by atoms with Gasteiger partial charge in [0.1, 0.15) is 0 Å². The van der Waals surface area contributed by atoms with Crippen molar-refractivity contribution in [3.63, 3.8) is 0 Å². The molecule has 1 aliphatic heterocycles. The van der Waals surface area contributed by atoms with Gasteiger partial charge in [0.2, 0.25) is 0 Å². The summed E-state index contributed by atoms with van der Waals surface area (Å²) in [6.45, 7) is 2.85. The second-order valence-electron chi connectivity index (χ2n) is 5.36. The summed E-state index contributed by atoms with van der Waals surface area (Å²) in [5.41, 5.74) is 0. The summed E-state index contributed by atoms with van der Waals surface area (Å²) < 4.78 is 17.7. The molecule has 0 radical (unpaired) electrons. The molecule has 0 spiro atoms. The van der Waals surface area contributed by atoms with Crippen molar-refractivity contribution in [2.75, 3.05) is 19.4 Å². The molecule has 0 aromatic heterocycles. The highest BCUT2D eigenvalue weighted by Crippen LogP contribution is 2.29. The number of hydrogen-bond acceptors (Lipinski definition) is 3. The lowest BCUT2D eigenvalue weighted by Gasteiger charge is -2.20. The molecular formula is C13H25NO2S. The highest BCUT2D eigenvalue weighted by atomic mass is 32.2. The number of nitrogens with one attached hydrogen (secondary N) is 1. The second kappa shape index (κ2) is 6.30. The van der Waals surface area contributed by atoms with Crippen LogP contribution in [0.3, 0.4) is 0 Å². The van der Waals surface area contributed by atoms with Crippen LogP contribution in [0.25, 0.3) is 0 Å². The Morgan fingerprint density at radius 3 is 2.82 bits per heavy atom. The average molecular weight is 259 g/mol. The topological polar surface area (TPSA) is 38.3 Å². The van der Waals surface area contributed by atoms with Crippen molar-refractivity contribution in [1.82, 2.24) is 5.32 Å². The molecule has 0 aromatic rings. The predicted molar refractivity (Wildman–Crippen MR) is 71.6 cm³/mol. The minimum Gasteiger partial charge on any atom is -0.377 e. The van der Waals surface area contributed by atoms with Crippen LogP contribution in [0, 0.1) is 5.92 Å². The quantitative estimate of drug-likeness (QED) is 0.816. The molecule has 1 aliphatic carbocycles. The van der Waals surface area contributed by atoms with Crippen molar-refractivity contribution in [3.05, 3.63) is 0 Å². The Morgan fingerprint density at radius 2 is 2.18 bits per heavy atom. The molecule has 5 unspecified atom stereocenters. The zero-order valence-corrected chi connectivity index (χ0v) is 11.8. The Morgan fingerprint density at radius 1 is 1.35 bits per heavy atom. The van der Waals surface area contributed by atoms with E-state index in [2.05, 4.69) is 12.2 Å². The van der Waals surface area contributed by atoms with E-state index >= 15 is 0 Å². The maximum absolute atomic E-state index is 12.2. The lowest BCUT2D eigenvalue weighted by Crippen LogP contribution is -2.31. The fourth-order valence-corrected chi connectivity index (χ4v) is 4.94. The van der Waals surface area contributed by atoms with Gasteiger partial charge in [-0.3, -0.25) is 4.21 Å². The molecule has 2 aliphatic rings. The summed E-state index contributed by atoms with van der Waals surface area (Å²) in [5.74, 6) is 1.60. The van der Waals surface area contributed by atoms with Gasteiger partial charge in [-0.1, -0.05) is 6.42 Å². The van der Waals surface area contributed by atoms with Crippen LogP contribution in [0.5, 0.6) is 0 Å². The van der Waals surface area contributed by atoms with E-state index in [1.165, 1.54) is 19.3 Å². The van der Waals surface area contributed by atoms with Gasteiger partial charge in [-0.05, 0) is 45.6 Å². The van der Waals surface area contributed by atoms with E-state index in [4.69, 9.17) is 4.74 Å². The van der Waals surface area contributed by atoms with Crippen LogP contribution in [0.15, 0.2) is 0 Å². The van der Waals surface area contributed by atoms with Crippen molar-refractivity contribution in [1.29, 1.82) is 0 Å². The summed E-state index contributed by atoms with van der Waals surface area (Å²) in [7, 11) is 1.36. The fraction of sp³-hybridized carbons (Fsp3) is 1.00. The first-order valence-corrected chi connectivity index (χ1v) is 8.26. The molecule has 1 saturated carbocycles. The third kappa shape index (κ3) is 3.30. The molecule has 0 bridgehead atoms. The lowest BCUT2D eigenvalue weighted by atomic mass is 10.0. The van der Waals surface area contributed by atoms with E-state index in [0.717, 1.165) is 31.1 Å². The van der Waals surface area contributed by atoms with E-state index in [1.54, 1.807) is 0 Å². The normalized spacial score (nSPS) is 39.6. The molecule has 4 heteroatoms. The first-order chi connectivity index (χ1) is 8.22. The van der Waals surface area contributed by atoms with Crippen molar-refractivity contribution in [2.45, 2.75) is 56.4 Å². The van der Waals surface area contributed by atoms with Crippen molar-refractivity contribution >= 4 is 10.8 Å². The van der Waals surface area contributed by atoms with Gasteiger partial charge in [-0.15, -0.1) is 0 Å². The van der Waals surface area contributed by atoms with Gasteiger partial charge in [-0.2, -0.15) is 0 Å². The summed E-state index contributed by atoms with van der Waals surface area (Å²) in [4.78, 5) is 0. The first-order valence-electron chi connectivity index (χ1n) is 6.88. The van der Waals surface area contributed by atoms with E-state index < -0.39 is 10.8 Å². The Balaban J connectivity index is 1.76. The second-order valence-corrected chi connectivity index (χ2v) is 7.14. The van der Waals surface area contributed by atoms with Crippen LogP contribution in [0.2, 0.25) is 0 Å². The Bertz CT molecular complexity index is 272. The van der Waals surface area contributed by atoms with E-state index in [9.17, 15) is 4.21 Å². The highest BCUT2D eigenvalue weighted by Gasteiger charge is 2.31. The first kappa shape index (κ1) is 13.5. The number of hydrogen-bond donors (Lipinski definition) is 1. The minimum absolute atomic E-state index is 0.194. The molecule has 2 rings (SSSR count). The van der Waals surface area contributed by atoms with Gasteiger partial charge >= 0.3 is 0 Å². The highest BCUT2D eigenvalue weighted by molar-refractivity contribution is 7.85. The van der Waals surface area contributed by atoms with Crippen LogP contribution >= 0.6 is 0 Å². The van der Waals surface area contributed by atoms with E-state index in [-0.39, 0.29) is 11.4 Å². The maximum Gasteiger partial charge on any atom is 0.0691 e. The van der Waals surface area contributed by atoms with Crippen LogP contribution < -0.4 is 5.32 Å². The molecule has 17 heavy (non-hydrogen) atoms. The molecule has 0 aromatic carbocycles. The van der Waals surface area contributed by atoms with Gasteiger partial charge in [0.05, 0.1) is 11.4 Å². The third-order valence-corrected chi connectivity index (χ3v) is 6.30. The van der Waals surface area contributed by atoms with Gasteiger partial charge < -0.3 is 10.1 Å². The number of ether oxygens (including phenoxy) is 1. The van der Waals surface area contributed by atoms with Crippen LogP contribution in [0.1, 0.15) is 39.0 Å². The average Bonchev–Trinajstić information content (AvgIpc) is 2.94. The largest absolute Gasteiger partial charge is 0.377 e. The summed E-state index contributed by atoms with van der Waals surface area (Å²) in [5, 5.41) is 3.67. The van der Waals surface area contributed by atoms with Crippen molar-refractivity contribution < 1.29 is 8.95 Å². The molecule has 5 atom stereocenters. The summed E-state index contributed by atoms with van der Waals surface area (Å²) in [6.07, 6.45) is 6.21. The Hall–Kier alpha value is 0.0700. The number of rotatable bonds is 5.